The van der Waals surface area contributed by atoms with E-state index in [-0.39, 0.29) is 30.6 Å². The summed E-state index contributed by atoms with van der Waals surface area (Å²) in [6, 6.07) is 6.89. The Hall–Kier alpha value is -2.15. The number of amides is 1. The average Bonchev–Trinajstić information content (AvgIpc) is 2.97. The molecule has 0 radical (unpaired) electrons. The van der Waals surface area contributed by atoms with E-state index in [0.717, 1.165) is 5.56 Å². The van der Waals surface area contributed by atoms with E-state index in [2.05, 4.69) is 25.7 Å². The van der Waals surface area contributed by atoms with Gasteiger partial charge in [0, 0.05) is 25.5 Å². The van der Waals surface area contributed by atoms with Crippen molar-refractivity contribution in [3.8, 4) is 0 Å². The van der Waals surface area contributed by atoms with Crippen LogP contribution in [0.1, 0.15) is 22.5 Å². The molecule has 7 heteroatoms. The second-order valence-electron chi connectivity index (χ2n) is 4.52. The van der Waals surface area contributed by atoms with Crippen LogP contribution in [0.2, 0.25) is 0 Å². The standard InChI is InChI=1S/C15H15BrN2O4/c1-21-14(19)6-8-18(10-11-3-2-7-17-9-11)15(20)12-4-5-13(16)22-12/h2-5,7,9H,6,8,10H2,1H3. The summed E-state index contributed by atoms with van der Waals surface area (Å²) >= 11 is 3.17. The van der Waals surface area contributed by atoms with Crippen molar-refractivity contribution in [1.29, 1.82) is 0 Å². The van der Waals surface area contributed by atoms with Gasteiger partial charge in [-0.15, -0.1) is 0 Å². The highest BCUT2D eigenvalue weighted by atomic mass is 79.9. The van der Waals surface area contributed by atoms with Gasteiger partial charge in [-0.25, -0.2) is 0 Å². The molecule has 0 unspecified atom stereocenters. The molecule has 0 aliphatic heterocycles. The minimum Gasteiger partial charge on any atom is -0.469 e. The third kappa shape index (κ3) is 4.42. The smallest absolute Gasteiger partial charge is 0.307 e. The van der Waals surface area contributed by atoms with Crippen molar-refractivity contribution in [3.63, 3.8) is 0 Å². The number of nitrogens with zero attached hydrogens (tertiary/aromatic N) is 2. The molecule has 2 aromatic rings. The van der Waals surface area contributed by atoms with E-state index in [0.29, 0.717) is 11.2 Å². The highest BCUT2D eigenvalue weighted by Gasteiger charge is 2.20. The Labute approximate surface area is 136 Å². The van der Waals surface area contributed by atoms with Gasteiger partial charge in [0.1, 0.15) is 0 Å². The maximum Gasteiger partial charge on any atom is 0.307 e. The molecule has 0 aromatic carbocycles. The molecular weight excluding hydrogens is 352 g/mol. The molecule has 22 heavy (non-hydrogen) atoms. The summed E-state index contributed by atoms with van der Waals surface area (Å²) in [5.74, 6) is -0.455. The topological polar surface area (TPSA) is 72.6 Å². The summed E-state index contributed by atoms with van der Waals surface area (Å²) < 4.78 is 10.4. The second kappa shape index (κ2) is 7.74. The van der Waals surface area contributed by atoms with E-state index >= 15 is 0 Å². The number of ether oxygens (including phenoxy) is 1. The largest absolute Gasteiger partial charge is 0.469 e. The van der Waals surface area contributed by atoms with Gasteiger partial charge in [0.2, 0.25) is 0 Å². The van der Waals surface area contributed by atoms with E-state index in [1.165, 1.54) is 12.0 Å². The lowest BCUT2D eigenvalue weighted by Crippen LogP contribution is -2.32. The lowest BCUT2D eigenvalue weighted by molar-refractivity contribution is -0.140. The summed E-state index contributed by atoms with van der Waals surface area (Å²) in [6.07, 6.45) is 3.45. The van der Waals surface area contributed by atoms with Gasteiger partial charge >= 0.3 is 5.97 Å². The summed E-state index contributed by atoms with van der Waals surface area (Å²) in [6.45, 7) is 0.570. The number of pyridine rings is 1. The van der Waals surface area contributed by atoms with Crippen LogP contribution in [-0.2, 0) is 16.1 Å². The normalized spacial score (nSPS) is 10.3. The van der Waals surface area contributed by atoms with Crippen LogP contribution in [0.25, 0.3) is 0 Å². The molecule has 0 fully saturated rings. The summed E-state index contributed by atoms with van der Waals surface area (Å²) in [4.78, 5) is 29.4. The number of carbonyl (C=O) groups is 2. The summed E-state index contributed by atoms with van der Waals surface area (Å²) in [5.41, 5.74) is 0.867. The maximum absolute atomic E-state index is 12.5. The van der Waals surface area contributed by atoms with Crippen LogP contribution < -0.4 is 0 Å². The Kier molecular flexibility index (Phi) is 5.71. The van der Waals surface area contributed by atoms with Gasteiger partial charge in [-0.1, -0.05) is 6.07 Å². The summed E-state index contributed by atoms with van der Waals surface area (Å²) in [7, 11) is 1.32. The van der Waals surface area contributed by atoms with Crippen molar-refractivity contribution in [2.24, 2.45) is 0 Å². The predicted octanol–water partition coefficient (Wildman–Crippen LogP) is 2.64. The molecule has 0 atom stereocenters. The zero-order valence-corrected chi connectivity index (χ0v) is 13.6. The molecule has 6 nitrogen and oxygen atoms in total. The van der Waals surface area contributed by atoms with E-state index in [1.54, 1.807) is 30.6 Å². The van der Waals surface area contributed by atoms with Crippen LogP contribution >= 0.6 is 15.9 Å². The van der Waals surface area contributed by atoms with Crippen molar-refractivity contribution in [2.75, 3.05) is 13.7 Å². The fourth-order valence-electron chi connectivity index (χ4n) is 1.88. The van der Waals surface area contributed by atoms with E-state index < -0.39 is 0 Å². The molecule has 0 aliphatic carbocycles. The number of halogens is 1. The number of esters is 1. The Morgan fingerprint density at radius 1 is 1.36 bits per heavy atom. The number of hydrogen-bond donors (Lipinski definition) is 0. The molecule has 0 bridgehead atoms. The molecule has 0 saturated heterocycles. The van der Waals surface area contributed by atoms with Crippen LogP contribution in [0.5, 0.6) is 0 Å². The minimum atomic E-state index is -0.371. The van der Waals surface area contributed by atoms with Gasteiger partial charge in [-0.2, -0.15) is 0 Å². The second-order valence-corrected chi connectivity index (χ2v) is 5.30. The van der Waals surface area contributed by atoms with Crippen LogP contribution in [0, 0.1) is 0 Å². The highest BCUT2D eigenvalue weighted by Crippen LogP contribution is 2.17. The van der Waals surface area contributed by atoms with Crippen LogP contribution in [0.3, 0.4) is 0 Å². The molecule has 0 saturated carbocycles. The molecule has 0 N–H and O–H groups in total. The Morgan fingerprint density at radius 3 is 2.77 bits per heavy atom. The van der Waals surface area contributed by atoms with Crippen LogP contribution in [-0.4, -0.2) is 35.4 Å². The maximum atomic E-state index is 12.5. The first-order chi connectivity index (χ1) is 10.6. The lowest BCUT2D eigenvalue weighted by atomic mass is 10.2. The number of aromatic nitrogens is 1. The Balaban J connectivity index is 2.13. The van der Waals surface area contributed by atoms with E-state index in [1.807, 2.05) is 6.07 Å². The predicted molar refractivity (Wildman–Crippen MR) is 82.0 cm³/mol. The molecular formula is C15H15BrN2O4. The quantitative estimate of drug-likeness (QED) is 0.734. The van der Waals surface area contributed by atoms with E-state index in [4.69, 9.17) is 4.42 Å². The first-order valence-corrected chi connectivity index (χ1v) is 7.40. The van der Waals surface area contributed by atoms with Gasteiger partial charge in [-0.3, -0.25) is 14.6 Å². The first-order valence-electron chi connectivity index (χ1n) is 6.60. The minimum absolute atomic E-state index is 0.115. The van der Waals surface area contributed by atoms with Crippen molar-refractivity contribution in [2.45, 2.75) is 13.0 Å². The van der Waals surface area contributed by atoms with Crippen molar-refractivity contribution in [1.82, 2.24) is 9.88 Å². The van der Waals surface area contributed by atoms with Gasteiger partial charge < -0.3 is 14.1 Å². The molecule has 1 amide bonds. The van der Waals surface area contributed by atoms with Gasteiger partial charge in [0.05, 0.1) is 13.5 Å². The zero-order chi connectivity index (χ0) is 15.9. The Morgan fingerprint density at radius 2 is 2.18 bits per heavy atom. The van der Waals surface area contributed by atoms with Gasteiger partial charge in [-0.05, 0) is 39.7 Å². The fourth-order valence-corrected chi connectivity index (χ4v) is 2.18. The highest BCUT2D eigenvalue weighted by molar-refractivity contribution is 9.10. The molecule has 0 spiro atoms. The monoisotopic (exact) mass is 366 g/mol. The van der Waals surface area contributed by atoms with Crippen molar-refractivity contribution in [3.05, 3.63) is 52.7 Å². The molecule has 2 aromatic heterocycles. The lowest BCUT2D eigenvalue weighted by Gasteiger charge is -2.21. The summed E-state index contributed by atoms with van der Waals surface area (Å²) in [5, 5.41) is 0. The number of rotatable bonds is 6. The first kappa shape index (κ1) is 16.2. The Bertz CT molecular complexity index is 642. The molecule has 0 aliphatic rings. The van der Waals surface area contributed by atoms with Crippen LogP contribution in [0.15, 0.2) is 45.7 Å². The SMILES string of the molecule is COC(=O)CCN(Cc1cccnc1)C(=O)c1ccc(Br)o1. The van der Waals surface area contributed by atoms with Crippen molar-refractivity contribution >= 4 is 27.8 Å². The van der Waals surface area contributed by atoms with Crippen molar-refractivity contribution < 1.29 is 18.7 Å². The molecule has 2 rings (SSSR count). The third-order valence-corrected chi connectivity index (χ3v) is 3.41. The van der Waals surface area contributed by atoms with E-state index in [9.17, 15) is 9.59 Å². The average molecular weight is 367 g/mol. The number of methoxy groups -OCH3 is 1. The zero-order valence-electron chi connectivity index (χ0n) is 12.0. The fraction of sp³-hybridized carbons (Fsp3) is 0.267. The number of furan rings is 1. The van der Waals surface area contributed by atoms with Gasteiger partial charge in [0.15, 0.2) is 10.4 Å². The molecule has 116 valence electrons. The number of carbonyl (C=O) groups excluding carboxylic acids is 2. The third-order valence-electron chi connectivity index (χ3n) is 2.98. The number of hydrogen-bond acceptors (Lipinski definition) is 5. The van der Waals surface area contributed by atoms with Crippen LogP contribution in [0.4, 0.5) is 0 Å². The molecule has 2 heterocycles. The van der Waals surface area contributed by atoms with Gasteiger partial charge in [0.25, 0.3) is 5.91 Å².